The van der Waals surface area contributed by atoms with E-state index < -0.39 is 0 Å². The Morgan fingerprint density at radius 3 is 2.76 bits per heavy atom. The number of hydrogen-bond acceptors (Lipinski definition) is 3. The molecular weight excluding hydrogens is 278 g/mol. The summed E-state index contributed by atoms with van der Waals surface area (Å²) in [5.74, 6) is 6.80. The molecule has 0 fully saturated rings. The molecule has 0 radical (unpaired) electrons. The third-order valence-electron chi connectivity index (χ3n) is 3.07. The maximum Gasteiger partial charge on any atom is 0.122 e. The number of benzene rings is 1. The van der Waals surface area contributed by atoms with E-state index in [0.717, 1.165) is 16.2 Å². The first-order valence-electron chi connectivity index (χ1n) is 6.99. The van der Waals surface area contributed by atoms with Crippen molar-refractivity contribution < 1.29 is 4.74 Å². The number of rotatable bonds is 3. The largest absolute Gasteiger partial charge is 0.488 e. The summed E-state index contributed by atoms with van der Waals surface area (Å²) in [5.41, 5.74) is 7.79. The minimum Gasteiger partial charge on any atom is -0.488 e. The molecule has 0 saturated carbocycles. The zero-order chi connectivity index (χ0) is 15.3. The second-order valence-electron chi connectivity index (χ2n) is 5.87. The van der Waals surface area contributed by atoms with Crippen molar-refractivity contribution in [3.05, 3.63) is 51.7 Å². The Morgan fingerprint density at radius 1 is 1.24 bits per heavy atom. The molecule has 1 heterocycles. The highest BCUT2D eigenvalue weighted by Crippen LogP contribution is 2.26. The van der Waals surface area contributed by atoms with E-state index in [1.807, 2.05) is 17.5 Å². The minimum absolute atomic E-state index is 0.132. The van der Waals surface area contributed by atoms with Gasteiger partial charge in [0.25, 0.3) is 0 Å². The average Bonchev–Trinajstić information content (AvgIpc) is 2.90. The van der Waals surface area contributed by atoms with Gasteiger partial charge < -0.3 is 10.5 Å². The normalized spacial score (nSPS) is 10.9. The van der Waals surface area contributed by atoms with Gasteiger partial charge in [-0.25, -0.2) is 0 Å². The Kier molecular flexibility index (Phi) is 5.06. The number of hydrogen-bond donors (Lipinski definition) is 1. The van der Waals surface area contributed by atoms with Crippen molar-refractivity contribution in [2.24, 2.45) is 5.73 Å². The molecule has 110 valence electrons. The van der Waals surface area contributed by atoms with Gasteiger partial charge in [-0.1, -0.05) is 44.7 Å². The molecule has 2 nitrogen and oxygen atoms in total. The Morgan fingerprint density at radius 2 is 2.05 bits per heavy atom. The molecule has 21 heavy (non-hydrogen) atoms. The van der Waals surface area contributed by atoms with Gasteiger partial charge in [-0.3, -0.25) is 0 Å². The lowest BCUT2D eigenvalue weighted by Gasteiger charge is -2.19. The van der Waals surface area contributed by atoms with Gasteiger partial charge in [0.1, 0.15) is 12.4 Å². The standard InChI is InChI=1S/C18H21NOS/c1-18(2,3)15-7-4-8-16(11-15)20-12-17-10-14(13-21-17)6-5-9-19/h4,7-8,10-11,13H,9,12,19H2,1-3H3. The fourth-order valence-corrected chi connectivity index (χ4v) is 2.61. The molecule has 0 amide bonds. The maximum absolute atomic E-state index is 5.88. The summed E-state index contributed by atoms with van der Waals surface area (Å²) in [4.78, 5) is 1.16. The van der Waals surface area contributed by atoms with Crippen LogP contribution < -0.4 is 10.5 Å². The molecule has 0 saturated heterocycles. The zero-order valence-corrected chi connectivity index (χ0v) is 13.6. The van der Waals surface area contributed by atoms with Crippen molar-refractivity contribution in [1.82, 2.24) is 0 Å². The first kappa shape index (κ1) is 15.6. The number of nitrogens with two attached hydrogens (primary N) is 1. The van der Waals surface area contributed by atoms with Crippen LogP contribution in [0.5, 0.6) is 5.75 Å². The van der Waals surface area contributed by atoms with E-state index in [-0.39, 0.29) is 5.41 Å². The molecule has 1 aromatic heterocycles. The van der Waals surface area contributed by atoms with Gasteiger partial charge in [0.05, 0.1) is 6.54 Å². The van der Waals surface area contributed by atoms with Gasteiger partial charge in [0.15, 0.2) is 0 Å². The smallest absolute Gasteiger partial charge is 0.122 e. The predicted octanol–water partition coefficient (Wildman–Crippen LogP) is 3.93. The van der Waals surface area contributed by atoms with Crippen LogP contribution in [0.2, 0.25) is 0 Å². The van der Waals surface area contributed by atoms with Gasteiger partial charge in [-0.05, 0) is 29.2 Å². The second kappa shape index (κ2) is 6.80. The predicted molar refractivity (Wildman–Crippen MR) is 89.7 cm³/mol. The lowest BCUT2D eigenvalue weighted by Crippen LogP contribution is -2.10. The van der Waals surface area contributed by atoms with E-state index in [4.69, 9.17) is 10.5 Å². The summed E-state index contributed by atoms with van der Waals surface area (Å²) in [7, 11) is 0. The van der Waals surface area contributed by atoms with Crippen LogP contribution in [-0.4, -0.2) is 6.54 Å². The highest BCUT2D eigenvalue weighted by Gasteiger charge is 2.13. The van der Waals surface area contributed by atoms with Crippen molar-refractivity contribution in [3.8, 4) is 17.6 Å². The highest BCUT2D eigenvalue weighted by atomic mass is 32.1. The van der Waals surface area contributed by atoms with Crippen molar-refractivity contribution in [1.29, 1.82) is 0 Å². The van der Waals surface area contributed by atoms with Crippen molar-refractivity contribution in [2.45, 2.75) is 32.8 Å². The van der Waals surface area contributed by atoms with E-state index in [2.05, 4.69) is 50.8 Å². The van der Waals surface area contributed by atoms with E-state index in [0.29, 0.717) is 13.2 Å². The van der Waals surface area contributed by atoms with Crippen LogP contribution >= 0.6 is 11.3 Å². The SMILES string of the molecule is CC(C)(C)c1cccc(OCc2cc(C#CCN)cs2)c1. The molecule has 1 aromatic carbocycles. The van der Waals surface area contributed by atoms with Crippen LogP contribution in [0.4, 0.5) is 0 Å². The first-order valence-corrected chi connectivity index (χ1v) is 7.87. The Hall–Kier alpha value is -1.76. The van der Waals surface area contributed by atoms with Crippen LogP contribution in [0, 0.1) is 11.8 Å². The second-order valence-corrected chi connectivity index (χ2v) is 6.87. The minimum atomic E-state index is 0.132. The number of thiophene rings is 1. The fourth-order valence-electron chi connectivity index (χ4n) is 1.88. The third kappa shape index (κ3) is 4.63. The molecule has 0 aliphatic heterocycles. The summed E-state index contributed by atoms with van der Waals surface area (Å²) >= 11 is 1.66. The molecule has 2 N–H and O–H groups in total. The third-order valence-corrected chi connectivity index (χ3v) is 3.98. The summed E-state index contributed by atoms with van der Waals surface area (Å²) in [5, 5.41) is 2.03. The summed E-state index contributed by atoms with van der Waals surface area (Å²) < 4.78 is 5.88. The lowest BCUT2D eigenvalue weighted by molar-refractivity contribution is 0.309. The molecule has 0 bridgehead atoms. The van der Waals surface area contributed by atoms with Gasteiger partial charge >= 0.3 is 0 Å². The summed E-state index contributed by atoms with van der Waals surface area (Å²) in [6.07, 6.45) is 0. The van der Waals surface area contributed by atoms with Crippen molar-refractivity contribution >= 4 is 11.3 Å². The Labute approximate surface area is 131 Å². The molecule has 0 spiro atoms. The summed E-state index contributed by atoms with van der Waals surface area (Å²) in [6, 6.07) is 10.3. The van der Waals surface area contributed by atoms with Crippen molar-refractivity contribution in [3.63, 3.8) is 0 Å². The zero-order valence-electron chi connectivity index (χ0n) is 12.8. The number of ether oxygens (including phenoxy) is 1. The Bertz CT molecular complexity index is 656. The summed E-state index contributed by atoms with van der Waals surface area (Å²) in [6.45, 7) is 7.57. The van der Waals surface area contributed by atoms with Crippen LogP contribution in [0.25, 0.3) is 0 Å². The molecule has 2 aromatic rings. The van der Waals surface area contributed by atoms with Crippen LogP contribution in [-0.2, 0) is 12.0 Å². The molecule has 3 heteroatoms. The molecule has 0 aliphatic rings. The van der Waals surface area contributed by atoms with Gasteiger partial charge in [0, 0.05) is 15.8 Å². The van der Waals surface area contributed by atoms with Gasteiger partial charge in [-0.15, -0.1) is 11.3 Å². The van der Waals surface area contributed by atoms with Crippen LogP contribution in [0.3, 0.4) is 0 Å². The Balaban J connectivity index is 2.01. The molecule has 0 unspecified atom stereocenters. The maximum atomic E-state index is 5.88. The van der Waals surface area contributed by atoms with E-state index in [1.54, 1.807) is 11.3 Å². The molecule has 2 rings (SSSR count). The first-order chi connectivity index (χ1) is 9.99. The van der Waals surface area contributed by atoms with Crippen LogP contribution in [0.15, 0.2) is 35.7 Å². The van der Waals surface area contributed by atoms with Crippen molar-refractivity contribution in [2.75, 3.05) is 6.54 Å². The van der Waals surface area contributed by atoms with E-state index >= 15 is 0 Å². The fraction of sp³-hybridized carbons (Fsp3) is 0.333. The van der Waals surface area contributed by atoms with Gasteiger partial charge in [-0.2, -0.15) is 0 Å². The molecule has 0 atom stereocenters. The molecule has 0 aliphatic carbocycles. The highest BCUT2D eigenvalue weighted by molar-refractivity contribution is 7.10. The average molecular weight is 299 g/mol. The quantitative estimate of drug-likeness (QED) is 0.871. The van der Waals surface area contributed by atoms with Crippen LogP contribution in [0.1, 0.15) is 36.8 Å². The lowest BCUT2D eigenvalue weighted by atomic mass is 9.87. The monoisotopic (exact) mass is 299 g/mol. The van der Waals surface area contributed by atoms with Gasteiger partial charge in [0.2, 0.25) is 0 Å². The molecular formula is C18H21NOS. The topological polar surface area (TPSA) is 35.2 Å². The van der Waals surface area contributed by atoms with E-state index in [1.165, 1.54) is 5.56 Å². The van der Waals surface area contributed by atoms with E-state index in [9.17, 15) is 0 Å².